The number of nitrogens with zero attached hydrogens (tertiary/aromatic N) is 3. The average Bonchev–Trinajstić information content (AvgIpc) is 2.94. The summed E-state index contributed by atoms with van der Waals surface area (Å²) >= 11 is 0. The van der Waals surface area contributed by atoms with Crippen molar-refractivity contribution in [1.82, 2.24) is 5.32 Å². The first-order chi connectivity index (χ1) is 15.6. The minimum absolute atomic E-state index is 0.186. The summed E-state index contributed by atoms with van der Waals surface area (Å²) in [5, 5.41) is 11.8. The van der Waals surface area contributed by atoms with E-state index in [1.807, 2.05) is 60.7 Å². The lowest BCUT2D eigenvalue weighted by molar-refractivity contribution is -0.127. The topological polar surface area (TPSA) is 85.6 Å². The number of anilines is 1. The first kappa shape index (κ1) is 21.0. The van der Waals surface area contributed by atoms with Gasteiger partial charge in [0.15, 0.2) is 0 Å². The number of hydrogen-bond donors (Lipinski definition) is 1. The van der Waals surface area contributed by atoms with Crippen LogP contribution in [0.4, 0.5) is 5.69 Å². The van der Waals surface area contributed by atoms with E-state index >= 15 is 0 Å². The number of amides is 2. The molecule has 0 radical (unpaired) electrons. The van der Waals surface area contributed by atoms with Gasteiger partial charge in [-0.2, -0.15) is 5.26 Å². The van der Waals surface area contributed by atoms with Gasteiger partial charge in [0, 0.05) is 24.6 Å². The minimum atomic E-state index is -1.03. The highest BCUT2D eigenvalue weighted by Gasteiger charge is 2.30. The van der Waals surface area contributed by atoms with Gasteiger partial charge in [-0.1, -0.05) is 60.7 Å². The molecular weight excluding hydrogens is 400 g/mol. The highest BCUT2D eigenvalue weighted by molar-refractivity contribution is 6.20. The smallest absolute Gasteiger partial charge is 0.272 e. The molecular formula is C26H22N4O2. The Bertz CT molecular complexity index is 1230. The largest absolute Gasteiger partial charge is 0.327 e. The molecule has 0 fully saturated rings. The Balaban J connectivity index is 1.59. The van der Waals surface area contributed by atoms with Crippen molar-refractivity contribution in [3.8, 4) is 6.07 Å². The molecule has 1 aliphatic heterocycles. The van der Waals surface area contributed by atoms with Crippen molar-refractivity contribution in [2.24, 2.45) is 4.99 Å². The molecule has 158 valence electrons. The molecule has 1 heterocycles. The molecule has 0 bridgehead atoms. The Kier molecular flexibility index (Phi) is 6.09. The molecule has 1 unspecified atom stereocenters. The lowest BCUT2D eigenvalue weighted by Gasteiger charge is -2.20. The number of hydrogen-bond acceptors (Lipinski definition) is 4. The minimum Gasteiger partial charge on any atom is -0.327 e. The molecule has 0 spiro atoms. The summed E-state index contributed by atoms with van der Waals surface area (Å²) in [7, 11) is 1.69. The van der Waals surface area contributed by atoms with E-state index in [1.54, 1.807) is 25.2 Å². The normalized spacial score (nSPS) is 15.2. The van der Waals surface area contributed by atoms with Gasteiger partial charge in [-0.05, 0) is 30.2 Å². The summed E-state index contributed by atoms with van der Waals surface area (Å²) in [6.45, 7) is 0. The average molecular weight is 422 g/mol. The molecule has 3 aromatic rings. The zero-order chi connectivity index (χ0) is 22.5. The van der Waals surface area contributed by atoms with Crippen LogP contribution >= 0.6 is 0 Å². The van der Waals surface area contributed by atoms with Crippen LogP contribution in [0.1, 0.15) is 28.7 Å². The van der Waals surface area contributed by atoms with Gasteiger partial charge in [0.25, 0.3) is 5.91 Å². The van der Waals surface area contributed by atoms with E-state index in [-0.39, 0.29) is 18.2 Å². The third-order valence-corrected chi connectivity index (χ3v) is 5.38. The van der Waals surface area contributed by atoms with E-state index in [0.29, 0.717) is 17.7 Å². The molecule has 1 N–H and O–H groups in total. The van der Waals surface area contributed by atoms with E-state index < -0.39 is 6.17 Å². The van der Waals surface area contributed by atoms with Crippen molar-refractivity contribution in [2.75, 3.05) is 11.9 Å². The highest BCUT2D eigenvalue weighted by atomic mass is 16.2. The van der Waals surface area contributed by atoms with E-state index in [0.717, 1.165) is 22.4 Å². The second kappa shape index (κ2) is 9.27. The third kappa shape index (κ3) is 4.42. The molecule has 0 aromatic heterocycles. The molecule has 3 aromatic carbocycles. The number of para-hydroxylation sites is 1. The monoisotopic (exact) mass is 422 g/mol. The maximum Gasteiger partial charge on any atom is 0.272 e. The fraction of sp³-hybridized carbons (Fsp3) is 0.154. The first-order valence-electron chi connectivity index (χ1n) is 10.4. The van der Waals surface area contributed by atoms with Crippen LogP contribution < -0.4 is 10.2 Å². The molecule has 6 heteroatoms. The molecule has 4 rings (SSSR count). The van der Waals surface area contributed by atoms with Gasteiger partial charge in [0.05, 0.1) is 23.0 Å². The van der Waals surface area contributed by atoms with Crippen molar-refractivity contribution in [3.63, 3.8) is 0 Å². The predicted molar refractivity (Wildman–Crippen MR) is 123 cm³/mol. The van der Waals surface area contributed by atoms with E-state index in [4.69, 9.17) is 10.3 Å². The van der Waals surface area contributed by atoms with E-state index in [2.05, 4.69) is 11.4 Å². The standard InChI is InChI=1S/C26H22N4O2/c1-30-22-13-6-5-12-21(22)24(20-10-3-2-4-11-20)29-25(26(30)32)28-23(31)15-14-18-8-7-9-19(16-18)17-27/h2-13,16,25H,14-15H2,1H3,(H,28,31). The number of rotatable bonds is 5. The fourth-order valence-electron chi connectivity index (χ4n) is 3.72. The number of nitriles is 1. The number of likely N-dealkylation sites (N-methyl/N-ethyl adjacent to an activating group) is 1. The Labute approximate surface area is 186 Å². The third-order valence-electron chi connectivity index (χ3n) is 5.38. The Hall–Kier alpha value is -4.24. The lowest BCUT2D eigenvalue weighted by Crippen LogP contribution is -2.46. The summed E-state index contributed by atoms with van der Waals surface area (Å²) in [5.74, 6) is -0.579. The maximum absolute atomic E-state index is 13.1. The molecule has 0 saturated heterocycles. The number of fused-ring (bicyclic) bond motifs is 1. The molecule has 0 saturated carbocycles. The number of carbonyl (C=O) groups excluding carboxylic acids is 2. The fourth-order valence-corrected chi connectivity index (χ4v) is 3.72. The maximum atomic E-state index is 13.1. The van der Waals surface area contributed by atoms with E-state index in [9.17, 15) is 9.59 Å². The van der Waals surface area contributed by atoms with Crippen LogP contribution in [-0.2, 0) is 16.0 Å². The summed E-state index contributed by atoms with van der Waals surface area (Å²) in [5.41, 5.74) is 4.55. The second-order valence-corrected chi connectivity index (χ2v) is 7.54. The van der Waals surface area contributed by atoms with Crippen LogP contribution in [-0.4, -0.2) is 30.7 Å². The number of nitrogens with one attached hydrogen (secondary N) is 1. The number of benzene rings is 3. The van der Waals surface area contributed by atoms with Crippen molar-refractivity contribution < 1.29 is 9.59 Å². The van der Waals surface area contributed by atoms with Crippen LogP contribution in [0.5, 0.6) is 0 Å². The number of carbonyl (C=O) groups is 2. The van der Waals surface area contributed by atoms with Crippen molar-refractivity contribution >= 4 is 23.2 Å². The zero-order valence-electron chi connectivity index (χ0n) is 17.7. The van der Waals surface area contributed by atoms with Crippen LogP contribution in [0, 0.1) is 11.3 Å². The highest BCUT2D eigenvalue weighted by Crippen LogP contribution is 2.27. The van der Waals surface area contributed by atoms with Gasteiger partial charge < -0.3 is 10.2 Å². The second-order valence-electron chi connectivity index (χ2n) is 7.54. The molecule has 32 heavy (non-hydrogen) atoms. The van der Waals surface area contributed by atoms with E-state index in [1.165, 1.54) is 4.90 Å². The van der Waals surface area contributed by atoms with Gasteiger partial charge in [-0.3, -0.25) is 9.59 Å². The summed E-state index contributed by atoms with van der Waals surface area (Å²) in [6.07, 6.45) is -0.375. The molecule has 1 aliphatic rings. The Morgan fingerprint density at radius 1 is 1.06 bits per heavy atom. The van der Waals surface area contributed by atoms with Crippen LogP contribution in [0.3, 0.4) is 0 Å². The van der Waals surface area contributed by atoms with Crippen LogP contribution in [0.25, 0.3) is 0 Å². The van der Waals surface area contributed by atoms with Gasteiger partial charge in [-0.25, -0.2) is 4.99 Å². The van der Waals surface area contributed by atoms with Gasteiger partial charge >= 0.3 is 0 Å². The predicted octanol–water partition coefficient (Wildman–Crippen LogP) is 3.45. The molecule has 2 amide bonds. The first-order valence-corrected chi connectivity index (χ1v) is 10.4. The summed E-state index contributed by atoms with van der Waals surface area (Å²) in [4.78, 5) is 32.1. The number of benzodiazepines with no additional fused rings is 1. The molecule has 6 nitrogen and oxygen atoms in total. The Morgan fingerprint density at radius 3 is 2.59 bits per heavy atom. The van der Waals surface area contributed by atoms with Gasteiger partial charge in [0.1, 0.15) is 0 Å². The SMILES string of the molecule is CN1C(=O)C(NC(=O)CCc2cccc(C#N)c2)N=C(c2ccccc2)c2ccccc21. The van der Waals surface area contributed by atoms with Crippen LogP contribution in [0.15, 0.2) is 83.9 Å². The van der Waals surface area contributed by atoms with Crippen molar-refractivity contribution in [2.45, 2.75) is 19.0 Å². The van der Waals surface area contributed by atoms with Crippen molar-refractivity contribution in [1.29, 1.82) is 5.26 Å². The summed E-state index contributed by atoms with van der Waals surface area (Å²) in [6, 6.07) is 26.5. The van der Waals surface area contributed by atoms with Crippen molar-refractivity contribution in [3.05, 3.63) is 101 Å². The van der Waals surface area contributed by atoms with Gasteiger partial charge in [0.2, 0.25) is 12.1 Å². The van der Waals surface area contributed by atoms with Gasteiger partial charge in [-0.15, -0.1) is 0 Å². The summed E-state index contributed by atoms with van der Waals surface area (Å²) < 4.78 is 0. The molecule has 0 aliphatic carbocycles. The van der Waals surface area contributed by atoms with Crippen LogP contribution in [0.2, 0.25) is 0 Å². The Morgan fingerprint density at radius 2 is 1.81 bits per heavy atom. The number of aliphatic imine (C=N–C) groups is 1. The zero-order valence-corrected chi connectivity index (χ0v) is 17.7. The molecule has 1 atom stereocenters. The number of aryl methyl sites for hydroxylation is 1. The lowest BCUT2D eigenvalue weighted by atomic mass is 10.0. The quantitative estimate of drug-likeness (QED) is 0.683.